The van der Waals surface area contributed by atoms with E-state index in [4.69, 9.17) is 15.2 Å². The quantitative estimate of drug-likeness (QED) is 0.285. The van der Waals surface area contributed by atoms with Crippen LogP contribution in [0.15, 0.2) is 24.3 Å². The molecule has 35 heavy (non-hydrogen) atoms. The lowest BCUT2D eigenvalue weighted by Crippen LogP contribution is -2.55. The summed E-state index contributed by atoms with van der Waals surface area (Å²) in [6, 6.07) is 6.15. The Bertz CT molecular complexity index is 1230. The van der Waals surface area contributed by atoms with Crippen LogP contribution in [0.3, 0.4) is 0 Å². The van der Waals surface area contributed by atoms with Crippen molar-refractivity contribution in [2.24, 2.45) is 5.73 Å². The van der Waals surface area contributed by atoms with E-state index in [9.17, 15) is 35.1 Å². The number of ether oxygens (including phenoxy) is 2. The first-order chi connectivity index (χ1) is 16.5. The predicted octanol–water partition coefficient (Wildman–Crippen LogP) is 0.424. The summed E-state index contributed by atoms with van der Waals surface area (Å²) in [5, 5.41) is 52.8. The Morgan fingerprint density at radius 1 is 1.06 bits per heavy atom. The van der Waals surface area contributed by atoms with Crippen molar-refractivity contribution in [3.05, 3.63) is 57.6 Å². The Morgan fingerprint density at radius 3 is 2.23 bits per heavy atom. The molecule has 0 spiro atoms. The van der Waals surface area contributed by atoms with E-state index < -0.39 is 59.3 Å². The number of rotatable bonds is 3. The lowest BCUT2D eigenvalue weighted by atomic mass is 9.70. The second kappa shape index (κ2) is 8.37. The summed E-state index contributed by atoms with van der Waals surface area (Å²) in [5.74, 6) is -2.22. The number of aliphatic hydroxyl groups excluding tert-OH is 3. The maximum Gasteiger partial charge on any atom is 0.198 e. The third-order valence-electron chi connectivity index (χ3n) is 7.33. The van der Waals surface area contributed by atoms with Gasteiger partial charge in [0.15, 0.2) is 17.9 Å². The van der Waals surface area contributed by atoms with Gasteiger partial charge in [0.25, 0.3) is 0 Å². The lowest BCUT2D eigenvalue weighted by Gasteiger charge is -2.43. The van der Waals surface area contributed by atoms with E-state index in [2.05, 4.69) is 0 Å². The second-order valence-electron chi connectivity index (χ2n) is 9.59. The van der Waals surface area contributed by atoms with Crippen molar-refractivity contribution in [1.82, 2.24) is 0 Å². The number of hydrogen-bond acceptors (Lipinski definition) is 10. The van der Waals surface area contributed by atoms with Crippen LogP contribution in [0.5, 0.6) is 11.5 Å². The van der Waals surface area contributed by atoms with Gasteiger partial charge in [0.2, 0.25) is 0 Å². The summed E-state index contributed by atoms with van der Waals surface area (Å²) >= 11 is 0. The van der Waals surface area contributed by atoms with Gasteiger partial charge in [-0.25, -0.2) is 0 Å². The smallest absolute Gasteiger partial charge is 0.198 e. The van der Waals surface area contributed by atoms with Crippen molar-refractivity contribution in [1.29, 1.82) is 0 Å². The summed E-state index contributed by atoms with van der Waals surface area (Å²) in [7, 11) is 0. The molecule has 0 unspecified atom stereocenters. The molecule has 1 saturated heterocycles. The number of aliphatic hydroxyl groups is 3. The zero-order chi connectivity index (χ0) is 25.2. The number of nitrogens with two attached hydrogens (primary N) is 1. The highest BCUT2D eigenvalue weighted by atomic mass is 16.7. The maximum atomic E-state index is 13.3. The van der Waals surface area contributed by atoms with Gasteiger partial charge in [-0.15, -0.1) is 0 Å². The van der Waals surface area contributed by atoms with Gasteiger partial charge in [0, 0.05) is 34.2 Å². The van der Waals surface area contributed by atoms with Crippen LogP contribution in [0.25, 0.3) is 0 Å². The molecule has 0 radical (unpaired) electrons. The molecule has 10 nitrogen and oxygen atoms in total. The number of ketones is 2. The fourth-order valence-corrected chi connectivity index (χ4v) is 5.21. The molecule has 1 fully saturated rings. The minimum Gasteiger partial charge on any atom is -0.507 e. The van der Waals surface area contributed by atoms with Gasteiger partial charge in [-0.2, -0.15) is 0 Å². The first-order valence-corrected chi connectivity index (χ1v) is 11.4. The summed E-state index contributed by atoms with van der Waals surface area (Å²) < 4.78 is 11.5. The Kier molecular flexibility index (Phi) is 5.71. The van der Waals surface area contributed by atoms with Gasteiger partial charge in [-0.3, -0.25) is 9.59 Å². The molecule has 7 N–H and O–H groups in total. The van der Waals surface area contributed by atoms with Crippen molar-refractivity contribution in [3.63, 3.8) is 0 Å². The summed E-state index contributed by atoms with van der Waals surface area (Å²) in [6.07, 6.45) is -5.45. The van der Waals surface area contributed by atoms with Crippen LogP contribution in [0.1, 0.15) is 68.8 Å². The molecule has 1 heterocycles. The average molecular weight is 485 g/mol. The molecule has 2 aromatic rings. The standard InChI is InChI=1S/C25H27NO9/c1-10(27)25(26)7-13-18(16(8-25)35-17-6-14(28)15(29)9-34-17)24(33)20-19(23(13)32)21(30)11-4-2-3-5-12(11)22(20)31/h2-5,10,14-17,27-29,32-33H,6-9,26H2,1H3/t10-,14+,15+,16-,17-,25-/m0/s1. The molecule has 0 bridgehead atoms. The molecule has 2 aromatic carbocycles. The Labute approximate surface area is 200 Å². The number of fused-ring (bicyclic) bond motifs is 3. The molecule has 186 valence electrons. The number of aromatic hydroxyl groups is 2. The molecule has 3 aliphatic rings. The Morgan fingerprint density at radius 2 is 1.66 bits per heavy atom. The number of benzene rings is 2. The van der Waals surface area contributed by atoms with Crippen LogP contribution in [0.4, 0.5) is 0 Å². The number of carbonyl (C=O) groups excluding carboxylic acids is 2. The second-order valence-corrected chi connectivity index (χ2v) is 9.59. The minimum absolute atomic E-state index is 0.0132. The third-order valence-corrected chi connectivity index (χ3v) is 7.33. The van der Waals surface area contributed by atoms with Crippen LogP contribution in [-0.4, -0.2) is 73.8 Å². The zero-order valence-electron chi connectivity index (χ0n) is 19.0. The average Bonchev–Trinajstić information content (AvgIpc) is 2.82. The Hall–Kier alpha value is -2.86. The lowest BCUT2D eigenvalue weighted by molar-refractivity contribution is -0.239. The van der Waals surface area contributed by atoms with Crippen molar-refractivity contribution >= 4 is 11.6 Å². The Balaban J connectivity index is 1.66. The molecule has 0 amide bonds. The van der Waals surface area contributed by atoms with Gasteiger partial charge >= 0.3 is 0 Å². The van der Waals surface area contributed by atoms with E-state index in [-0.39, 0.29) is 59.3 Å². The van der Waals surface area contributed by atoms with E-state index in [0.29, 0.717) is 0 Å². The van der Waals surface area contributed by atoms with Gasteiger partial charge < -0.3 is 40.7 Å². The molecule has 1 aliphatic heterocycles. The van der Waals surface area contributed by atoms with E-state index in [0.717, 1.165) is 0 Å². The maximum absolute atomic E-state index is 13.3. The van der Waals surface area contributed by atoms with Gasteiger partial charge in [-0.1, -0.05) is 24.3 Å². The molecular formula is C25H27NO9. The predicted molar refractivity (Wildman–Crippen MR) is 120 cm³/mol. The van der Waals surface area contributed by atoms with E-state index in [1.54, 1.807) is 12.1 Å². The monoisotopic (exact) mass is 485 g/mol. The summed E-state index contributed by atoms with van der Waals surface area (Å²) in [5.41, 5.74) is 4.95. The van der Waals surface area contributed by atoms with Crippen molar-refractivity contribution in [3.8, 4) is 11.5 Å². The molecule has 5 rings (SSSR count). The normalized spacial score (nSPS) is 30.9. The van der Waals surface area contributed by atoms with Crippen molar-refractivity contribution in [2.75, 3.05) is 6.61 Å². The van der Waals surface area contributed by atoms with Gasteiger partial charge in [0.1, 0.15) is 17.6 Å². The van der Waals surface area contributed by atoms with Crippen molar-refractivity contribution < 1.29 is 44.6 Å². The summed E-state index contributed by atoms with van der Waals surface area (Å²) in [6.45, 7) is 1.31. The highest BCUT2D eigenvalue weighted by molar-refractivity contribution is 6.30. The molecular weight excluding hydrogens is 458 g/mol. The molecule has 10 heteroatoms. The molecule has 2 aliphatic carbocycles. The highest BCUT2D eigenvalue weighted by Crippen LogP contribution is 2.51. The number of phenolic OH excluding ortho intramolecular Hbond substituents is 2. The van der Waals surface area contributed by atoms with Crippen LogP contribution in [-0.2, 0) is 15.9 Å². The van der Waals surface area contributed by atoms with E-state index in [1.807, 2.05) is 0 Å². The fraction of sp³-hybridized carbons (Fsp3) is 0.440. The van der Waals surface area contributed by atoms with Crippen LogP contribution in [0, 0.1) is 0 Å². The molecule has 0 aromatic heterocycles. The van der Waals surface area contributed by atoms with Crippen molar-refractivity contribution in [2.45, 2.75) is 62.4 Å². The van der Waals surface area contributed by atoms with Gasteiger partial charge in [-0.05, 0) is 19.8 Å². The SMILES string of the molecule is C[C@H](O)[C@]1(N)Cc2c(O)c3c(c(O)c2[C@@H](O[C@H]2C[C@@H](O)[C@H](O)CO2)C1)C(=O)c1ccccc1C3=O. The highest BCUT2D eigenvalue weighted by Gasteiger charge is 2.47. The van der Waals surface area contributed by atoms with E-state index >= 15 is 0 Å². The first kappa shape index (κ1) is 23.9. The van der Waals surface area contributed by atoms with Crippen LogP contribution < -0.4 is 5.73 Å². The number of phenols is 2. The first-order valence-electron chi connectivity index (χ1n) is 11.4. The topological polar surface area (TPSA) is 180 Å². The van der Waals surface area contributed by atoms with Crippen LogP contribution in [0.2, 0.25) is 0 Å². The minimum atomic E-state index is -1.30. The molecule has 6 atom stereocenters. The van der Waals surface area contributed by atoms with Gasteiger partial charge in [0.05, 0.1) is 36.0 Å². The zero-order valence-corrected chi connectivity index (χ0v) is 19.0. The fourth-order valence-electron chi connectivity index (χ4n) is 5.21. The summed E-state index contributed by atoms with van der Waals surface area (Å²) in [4.78, 5) is 26.6. The number of carbonyl (C=O) groups is 2. The van der Waals surface area contributed by atoms with Crippen LogP contribution >= 0.6 is 0 Å². The third kappa shape index (κ3) is 3.65. The molecule has 0 saturated carbocycles. The number of hydrogen-bond donors (Lipinski definition) is 6. The largest absolute Gasteiger partial charge is 0.507 e. The van der Waals surface area contributed by atoms with E-state index in [1.165, 1.54) is 19.1 Å².